The summed E-state index contributed by atoms with van der Waals surface area (Å²) in [4.78, 5) is 20.8. The van der Waals surface area contributed by atoms with Crippen molar-refractivity contribution in [3.63, 3.8) is 0 Å². The van der Waals surface area contributed by atoms with Crippen LogP contribution in [0.25, 0.3) is 0 Å². The molecular weight excluding hydrogens is 229 g/mol. The summed E-state index contributed by atoms with van der Waals surface area (Å²) in [6, 6.07) is 2.46. The molecule has 0 bridgehead atoms. The average Bonchev–Trinajstić information content (AvgIpc) is 2.09. The van der Waals surface area contributed by atoms with E-state index in [2.05, 4.69) is 5.32 Å². The van der Waals surface area contributed by atoms with Gasteiger partial charge in [-0.05, 0) is 12.1 Å². The lowest BCUT2D eigenvalue weighted by atomic mass is 10.2. The minimum absolute atomic E-state index is 0.0268. The van der Waals surface area contributed by atoms with Crippen LogP contribution in [0.1, 0.15) is 10.4 Å². The Balaban J connectivity index is 3.26. The fraction of sp³-hybridized carbons (Fsp3) is 0. The van der Waals surface area contributed by atoms with Gasteiger partial charge in [0.05, 0.1) is 21.3 Å². The molecule has 0 aliphatic heterocycles. The molecule has 0 unspecified atom stereocenters. The van der Waals surface area contributed by atoms with Crippen molar-refractivity contribution in [3.05, 3.63) is 27.7 Å². The van der Waals surface area contributed by atoms with E-state index in [1.54, 1.807) is 0 Å². The molecule has 14 heavy (non-hydrogen) atoms. The van der Waals surface area contributed by atoms with Crippen LogP contribution in [0.2, 0.25) is 10.0 Å². The van der Waals surface area contributed by atoms with E-state index in [1.807, 2.05) is 0 Å². The van der Waals surface area contributed by atoms with Gasteiger partial charge < -0.3 is 10.4 Å². The number of carboxylic acid groups (broad SMARTS) is 1. The van der Waals surface area contributed by atoms with Gasteiger partial charge >= 0.3 is 5.97 Å². The highest BCUT2D eigenvalue weighted by Gasteiger charge is 2.12. The molecule has 0 spiro atoms. The molecule has 1 rings (SSSR count). The first-order chi connectivity index (χ1) is 6.56. The molecule has 74 valence electrons. The first-order valence-corrected chi connectivity index (χ1v) is 4.24. The Kier molecular flexibility index (Phi) is 3.33. The molecule has 0 atom stereocenters. The first kappa shape index (κ1) is 10.8. The Morgan fingerprint density at radius 1 is 1.36 bits per heavy atom. The van der Waals surface area contributed by atoms with Gasteiger partial charge in [0.1, 0.15) is 0 Å². The fourth-order valence-corrected chi connectivity index (χ4v) is 1.41. The van der Waals surface area contributed by atoms with Gasteiger partial charge in [0.15, 0.2) is 0 Å². The standard InChI is InChI=1S/C8H5Cl2NO3/c9-5-2-6(10)7(11-3-12)1-4(5)8(13)14/h1-3H,(H,11,12)(H,13,14). The zero-order chi connectivity index (χ0) is 10.7. The van der Waals surface area contributed by atoms with Crippen molar-refractivity contribution in [3.8, 4) is 0 Å². The number of aromatic carboxylic acids is 1. The highest BCUT2D eigenvalue weighted by molar-refractivity contribution is 6.38. The van der Waals surface area contributed by atoms with E-state index in [0.29, 0.717) is 6.41 Å². The number of hydrogen-bond acceptors (Lipinski definition) is 2. The van der Waals surface area contributed by atoms with Crippen molar-refractivity contribution in [2.45, 2.75) is 0 Å². The summed E-state index contributed by atoms with van der Waals surface area (Å²) in [7, 11) is 0. The third kappa shape index (κ3) is 2.16. The number of rotatable bonds is 3. The minimum Gasteiger partial charge on any atom is -0.478 e. The third-order valence-electron chi connectivity index (χ3n) is 1.50. The zero-order valence-corrected chi connectivity index (χ0v) is 8.26. The number of carbonyl (C=O) groups is 2. The predicted molar refractivity (Wildman–Crippen MR) is 53.1 cm³/mol. The molecule has 4 nitrogen and oxygen atoms in total. The van der Waals surface area contributed by atoms with Crippen molar-refractivity contribution in [1.29, 1.82) is 0 Å². The Labute approximate surface area is 89.4 Å². The largest absolute Gasteiger partial charge is 0.478 e. The summed E-state index contributed by atoms with van der Waals surface area (Å²) in [5, 5.41) is 11.2. The number of amides is 1. The number of halogens is 2. The summed E-state index contributed by atoms with van der Waals surface area (Å²) >= 11 is 11.3. The van der Waals surface area contributed by atoms with Crippen LogP contribution in [0, 0.1) is 0 Å². The van der Waals surface area contributed by atoms with Gasteiger partial charge in [0.25, 0.3) is 0 Å². The number of benzene rings is 1. The van der Waals surface area contributed by atoms with Crippen LogP contribution in [0.5, 0.6) is 0 Å². The molecule has 0 radical (unpaired) electrons. The Morgan fingerprint density at radius 2 is 2.00 bits per heavy atom. The lowest BCUT2D eigenvalue weighted by molar-refractivity contribution is -0.105. The maximum Gasteiger partial charge on any atom is 0.337 e. The van der Waals surface area contributed by atoms with Gasteiger partial charge in [-0.25, -0.2) is 4.79 Å². The van der Waals surface area contributed by atoms with E-state index in [0.717, 1.165) is 0 Å². The van der Waals surface area contributed by atoms with Gasteiger partial charge in [-0.3, -0.25) is 4.79 Å². The highest BCUT2D eigenvalue weighted by Crippen LogP contribution is 2.28. The molecule has 1 aromatic carbocycles. The van der Waals surface area contributed by atoms with Crippen molar-refractivity contribution in [1.82, 2.24) is 0 Å². The molecule has 0 aromatic heterocycles. The molecule has 2 N–H and O–H groups in total. The molecule has 0 fully saturated rings. The van der Waals surface area contributed by atoms with Crippen LogP contribution in [-0.2, 0) is 4.79 Å². The fourth-order valence-electron chi connectivity index (χ4n) is 0.887. The van der Waals surface area contributed by atoms with Crippen LogP contribution < -0.4 is 5.32 Å². The summed E-state index contributed by atoms with van der Waals surface area (Å²) in [6.45, 7) is 0. The van der Waals surface area contributed by atoms with E-state index in [4.69, 9.17) is 28.3 Å². The van der Waals surface area contributed by atoms with E-state index in [1.165, 1.54) is 12.1 Å². The van der Waals surface area contributed by atoms with Crippen LogP contribution in [0.3, 0.4) is 0 Å². The number of hydrogen-bond donors (Lipinski definition) is 2. The topological polar surface area (TPSA) is 66.4 Å². The molecule has 6 heteroatoms. The third-order valence-corrected chi connectivity index (χ3v) is 2.13. The number of nitrogens with one attached hydrogen (secondary N) is 1. The molecule has 0 saturated carbocycles. The minimum atomic E-state index is -1.18. The van der Waals surface area contributed by atoms with Crippen LogP contribution in [-0.4, -0.2) is 17.5 Å². The Bertz CT molecular complexity index is 392. The quantitative estimate of drug-likeness (QED) is 0.788. The van der Waals surface area contributed by atoms with E-state index in [9.17, 15) is 9.59 Å². The second-order valence-corrected chi connectivity index (χ2v) is 3.19. The lowest BCUT2D eigenvalue weighted by Crippen LogP contribution is -2.01. The van der Waals surface area contributed by atoms with Gasteiger partial charge in [0.2, 0.25) is 6.41 Å². The molecule has 0 saturated heterocycles. The predicted octanol–water partition coefficient (Wildman–Crippen LogP) is 2.26. The maximum absolute atomic E-state index is 10.6. The van der Waals surface area contributed by atoms with E-state index < -0.39 is 5.97 Å². The van der Waals surface area contributed by atoms with Crippen LogP contribution >= 0.6 is 23.2 Å². The Morgan fingerprint density at radius 3 is 2.50 bits per heavy atom. The average molecular weight is 234 g/mol. The summed E-state index contributed by atoms with van der Waals surface area (Å²) < 4.78 is 0. The number of anilines is 1. The van der Waals surface area contributed by atoms with Gasteiger partial charge in [-0.15, -0.1) is 0 Å². The second kappa shape index (κ2) is 4.30. The first-order valence-electron chi connectivity index (χ1n) is 3.48. The number of carboxylic acids is 1. The van der Waals surface area contributed by atoms with Crippen LogP contribution in [0.15, 0.2) is 12.1 Å². The highest BCUT2D eigenvalue weighted by atomic mass is 35.5. The molecular formula is C8H5Cl2NO3. The monoisotopic (exact) mass is 233 g/mol. The molecule has 0 aliphatic rings. The van der Waals surface area contributed by atoms with Crippen molar-refractivity contribution >= 4 is 41.3 Å². The lowest BCUT2D eigenvalue weighted by Gasteiger charge is -2.05. The normalized spacial score (nSPS) is 9.57. The van der Waals surface area contributed by atoms with Crippen molar-refractivity contribution < 1.29 is 14.7 Å². The van der Waals surface area contributed by atoms with E-state index >= 15 is 0 Å². The maximum atomic E-state index is 10.6. The van der Waals surface area contributed by atoms with Crippen molar-refractivity contribution in [2.75, 3.05) is 5.32 Å². The summed E-state index contributed by atoms with van der Waals surface area (Å²) in [5.41, 5.74) is 0.101. The molecule has 1 aromatic rings. The van der Waals surface area contributed by atoms with Crippen LogP contribution in [0.4, 0.5) is 5.69 Å². The second-order valence-electron chi connectivity index (χ2n) is 2.38. The zero-order valence-electron chi connectivity index (χ0n) is 6.75. The van der Waals surface area contributed by atoms with Crippen molar-refractivity contribution in [2.24, 2.45) is 0 Å². The molecule has 1 amide bonds. The Hall–Kier alpha value is -1.26. The van der Waals surface area contributed by atoms with Gasteiger partial charge in [-0.1, -0.05) is 23.2 Å². The molecule has 0 aliphatic carbocycles. The number of carbonyl (C=O) groups excluding carboxylic acids is 1. The summed E-state index contributed by atoms with van der Waals surface area (Å²) in [5.74, 6) is -1.18. The smallest absolute Gasteiger partial charge is 0.337 e. The SMILES string of the molecule is O=CNc1cc(C(=O)O)c(Cl)cc1Cl. The summed E-state index contributed by atoms with van der Waals surface area (Å²) in [6.07, 6.45) is 0.404. The van der Waals surface area contributed by atoms with E-state index in [-0.39, 0.29) is 21.3 Å². The van der Waals surface area contributed by atoms with Gasteiger partial charge in [0, 0.05) is 0 Å². The molecule has 0 heterocycles. The van der Waals surface area contributed by atoms with Gasteiger partial charge in [-0.2, -0.15) is 0 Å².